The minimum Gasteiger partial charge on any atom is -0.505 e. The number of pyridine rings is 1. The molecule has 4 rings (SSSR count). The number of phenolic OH excluding ortho intramolecular Hbond substituents is 1. The molecule has 0 amide bonds. The average Bonchev–Trinajstić information content (AvgIpc) is 2.76. The Kier molecular flexibility index (Phi) is 5.81. The molecule has 1 fully saturated rings. The molecule has 1 unspecified atom stereocenters. The Bertz CT molecular complexity index is 939. The largest absolute Gasteiger partial charge is 0.505 e. The van der Waals surface area contributed by atoms with Gasteiger partial charge in [-0.2, -0.15) is 0 Å². The summed E-state index contributed by atoms with van der Waals surface area (Å²) in [6.07, 6.45) is 3.87. The van der Waals surface area contributed by atoms with E-state index in [1.54, 1.807) is 6.20 Å². The van der Waals surface area contributed by atoms with E-state index in [2.05, 4.69) is 52.5 Å². The minimum absolute atomic E-state index is 0.225. The highest BCUT2D eigenvalue weighted by Crippen LogP contribution is 2.33. The van der Waals surface area contributed by atoms with Gasteiger partial charge in [-0.05, 0) is 43.5 Å². The lowest BCUT2D eigenvalue weighted by Crippen LogP contribution is -2.43. The second kappa shape index (κ2) is 8.48. The summed E-state index contributed by atoms with van der Waals surface area (Å²) in [5.74, 6) is 0.225. The van der Waals surface area contributed by atoms with E-state index in [1.165, 1.54) is 5.56 Å². The van der Waals surface area contributed by atoms with Crippen molar-refractivity contribution in [2.75, 3.05) is 13.1 Å². The monoisotopic (exact) mass is 395 g/mol. The van der Waals surface area contributed by atoms with E-state index < -0.39 is 0 Å². The van der Waals surface area contributed by atoms with Crippen LogP contribution in [0.2, 0.25) is 5.02 Å². The van der Waals surface area contributed by atoms with E-state index in [4.69, 9.17) is 11.6 Å². The predicted octanol–water partition coefficient (Wildman–Crippen LogP) is 4.91. The Labute approximate surface area is 171 Å². The van der Waals surface area contributed by atoms with Crippen LogP contribution >= 0.6 is 11.6 Å². The zero-order valence-electron chi connectivity index (χ0n) is 16.1. The maximum atomic E-state index is 10.6. The van der Waals surface area contributed by atoms with Crippen LogP contribution in [0, 0.1) is 0 Å². The van der Waals surface area contributed by atoms with Crippen molar-refractivity contribution >= 4 is 22.5 Å². The van der Waals surface area contributed by atoms with Crippen molar-refractivity contribution in [1.82, 2.24) is 15.2 Å². The highest BCUT2D eigenvalue weighted by molar-refractivity contribution is 6.35. The van der Waals surface area contributed by atoms with Crippen molar-refractivity contribution in [3.63, 3.8) is 0 Å². The predicted molar refractivity (Wildman–Crippen MR) is 115 cm³/mol. The Hall–Kier alpha value is -2.14. The molecular formula is C23H26ClN3O. The number of aromatic hydroxyl groups is 1. The molecule has 2 aromatic carbocycles. The molecule has 1 aromatic heterocycles. The van der Waals surface area contributed by atoms with Crippen LogP contribution in [0.4, 0.5) is 0 Å². The molecule has 0 spiro atoms. The molecule has 4 nitrogen and oxygen atoms in total. The van der Waals surface area contributed by atoms with E-state index in [-0.39, 0.29) is 5.75 Å². The van der Waals surface area contributed by atoms with Gasteiger partial charge < -0.3 is 10.4 Å². The van der Waals surface area contributed by atoms with Crippen molar-refractivity contribution in [2.45, 2.75) is 38.4 Å². The maximum absolute atomic E-state index is 10.6. The number of likely N-dealkylation sites (tertiary alicyclic amines) is 1. The second-order valence-corrected chi connectivity index (χ2v) is 7.95. The Balaban J connectivity index is 1.36. The van der Waals surface area contributed by atoms with E-state index in [0.29, 0.717) is 29.2 Å². The summed E-state index contributed by atoms with van der Waals surface area (Å²) in [6, 6.07) is 17.1. The molecule has 1 saturated heterocycles. The maximum Gasteiger partial charge on any atom is 0.146 e. The summed E-state index contributed by atoms with van der Waals surface area (Å²) in [5.41, 5.74) is 2.74. The number of nitrogens with zero attached hydrogens (tertiary/aromatic N) is 2. The summed E-state index contributed by atoms with van der Waals surface area (Å²) in [6.45, 7) is 5.02. The van der Waals surface area contributed by atoms with Crippen LogP contribution in [0.1, 0.15) is 36.9 Å². The number of halogens is 1. The van der Waals surface area contributed by atoms with Gasteiger partial charge in [-0.3, -0.25) is 9.88 Å². The van der Waals surface area contributed by atoms with Crippen LogP contribution in [0.15, 0.2) is 54.7 Å². The summed E-state index contributed by atoms with van der Waals surface area (Å²) < 4.78 is 0. The van der Waals surface area contributed by atoms with Gasteiger partial charge in [-0.25, -0.2) is 0 Å². The van der Waals surface area contributed by atoms with Crippen molar-refractivity contribution in [2.24, 2.45) is 0 Å². The zero-order chi connectivity index (χ0) is 19.5. The molecule has 0 aliphatic carbocycles. The fraction of sp³-hybridized carbons (Fsp3) is 0.348. The zero-order valence-corrected chi connectivity index (χ0v) is 16.9. The first kappa shape index (κ1) is 19.2. The highest BCUT2D eigenvalue weighted by Gasteiger charge is 2.23. The molecule has 5 heteroatoms. The topological polar surface area (TPSA) is 48.4 Å². The molecule has 0 radical (unpaired) electrons. The lowest BCUT2D eigenvalue weighted by Gasteiger charge is -2.36. The van der Waals surface area contributed by atoms with Crippen LogP contribution in [-0.2, 0) is 6.54 Å². The fourth-order valence-corrected chi connectivity index (χ4v) is 4.34. The Morgan fingerprint density at radius 2 is 1.93 bits per heavy atom. The number of fused-ring (bicyclic) bond motifs is 1. The highest BCUT2D eigenvalue weighted by atomic mass is 35.5. The average molecular weight is 396 g/mol. The second-order valence-electron chi connectivity index (χ2n) is 7.54. The number of hydrogen-bond acceptors (Lipinski definition) is 4. The van der Waals surface area contributed by atoms with Gasteiger partial charge in [0.15, 0.2) is 0 Å². The van der Waals surface area contributed by atoms with Crippen LogP contribution in [0.3, 0.4) is 0 Å². The van der Waals surface area contributed by atoms with Gasteiger partial charge >= 0.3 is 0 Å². The van der Waals surface area contributed by atoms with Crippen LogP contribution < -0.4 is 5.32 Å². The van der Waals surface area contributed by atoms with Crippen molar-refractivity contribution < 1.29 is 5.11 Å². The number of piperidine rings is 1. The van der Waals surface area contributed by atoms with Gasteiger partial charge in [0.1, 0.15) is 11.3 Å². The smallest absolute Gasteiger partial charge is 0.146 e. The minimum atomic E-state index is 0.225. The van der Waals surface area contributed by atoms with Crippen molar-refractivity contribution in [3.8, 4) is 5.75 Å². The molecule has 0 saturated carbocycles. The molecule has 0 bridgehead atoms. The van der Waals surface area contributed by atoms with Gasteiger partial charge in [0.05, 0.1) is 5.02 Å². The van der Waals surface area contributed by atoms with Crippen LogP contribution in [0.5, 0.6) is 5.75 Å². The first-order chi connectivity index (χ1) is 13.6. The number of aromatic nitrogens is 1. The molecule has 146 valence electrons. The molecular weight excluding hydrogens is 370 g/mol. The fourth-order valence-electron chi connectivity index (χ4n) is 4.06. The summed E-state index contributed by atoms with van der Waals surface area (Å²) in [5, 5.41) is 15.6. The quantitative estimate of drug-likeness (QED) is 0.644. The number of nitrogens with one attached hydrogen (secondary N) is 1. The molecule has 1 aliphatic heterocycles. The molecule has 28 heavy (non-hydrogen) atoms. The van der Waals surface area contributed by atoms with E-state index >= 15 is 0 Å². The van der Waals surface area contributed by atoms with Gasteiger partial charge in [0.2, 0.25) is 0 Å². The Morgan fingerprint density at radius 1 is 1.18 bits per heavy atom. The lowest BCUT2D eigenvalue weighted by molar-refractivity contribution is 0.152. The molecule has 2 N–H and O–H groups in total. The van der Waals surface area contributed by atoms with E-state index in [1.807, 2.05) is 18.2 Å². The third-order valence-electron chi connectivity index (χ3n) is 5.83. The first-order valence-electron chi connectivity index (χ1n) is 9.91. The van der Waals surface area contributed by atoms with Crippen molar-refractivity contribution in [3.05, 3.63) is 70.9 Å². The van der Waals surface area contributed by atoms with Gasteiger partial charge in [-0.1, -0.05) is 41.9 Å². The van der Waals surface area contributed by atoms with E-state index in [0.717, 1.165) is 36.9 Å². The summed E-state index contributed by atoms with van der Waals surface area (Å²) >= 11 is 6.38. The Morgan fingerprint density at radius 3 is 2.68 bits per heavy atom. The SMILES string of the molecule is CC(c1ccccc1)N1CCC(NCc2cc(Cl)c3cccnc3c2O)CC1. The molecule has 1 atom stereocenters. The third kappa shape index (κ3) is 4.00. The molecule has 2 heterocycles. The van der Waals surface area contributed by atoms with Crippen LogP contribution in [0.25, 0.3) is 10.9 Å². The van der Waals surface area contributed by atoms with Gasteiger partial charge in [0.25, 0.3) is 0 Å². The lowest BCUT2D eigenvalue weighted by atomic mass is 10.00. The van der Waals surface area contributed by atoms with E-state index in [9.17, 15) is 5.11 Å². The number of phenols is 1. The normalized spacial score (nSPS) is 17.1. The van der Waals surface area contributed by atoms with Crippen LogP contribution in [-0.4, -0.2) is 34.1 Å². The number of benzene rings is 2. The first-order valence-corrected chi connectivity index (χ1v) is 10.3. The number of rotatable bonds is 5. The number of hydrogen-bond donors (Lipinski definition) is 2. The molecule has 3 aromatic rings. The summed E-state index contributed by atoms with van der Waals surface area (Å²) in [4.78, 5) is 6.83. The summed E-state index contributed by atoms with van der Waals surface area (Å²) in [7, 11) is 0. The van der Waals surface area contributed by atoms with Crippen molar-refractivity contribution in [1.29, 1.82) is 0 Å². The molecule has 1 aliphatic rings. The standard InChI is InChI=1S/C23H26ClN3O/c1-16(17-6-3-2-4-7-17)27-12-9-19(10-13-27)26-15-18-14-21(24)20-8-5-11-25-22(20)23(18)28/h2-8,11,14,16,19,26,28H,9-10,12-13,15H2,1H3. The third-order valence-corrected chi connectivity index (χ3v) is 6.15. The van der Waals surface area contributed by atoms with Gasteiger partial charge in [0, 0.05) is 48.9 Å². The van der Waals surface area contributed by atoms with Gasteiger partial charge in [-0.15, -0.1) is 0 Å².